The van der Waals surface area contributed by atoms with Crippen LogP contribution in [0.3, 0.4) is 0 Å². The Morgan fingerprint density at radius 2 is 1.59 bits per heavy atom. The number of hydrogen-bond acceptors (Lipinski definition) is 4. The molecule has 0 aliphatic carbocycles. The molecular formula is C26H30N2O4. The predicted molar refractivity (Wildman–Crippen MR) is 125 cm³/mol. The lowest BCUT2D eigenvalue weighted by Gasteiger charge is -2.35. The van der Waals surface area contributed by atoms with E-state index in [1.54, 1.807) is 14.2 Å². The molecule has 32 heavy (non-hydrogen) atoms. The number of amides is 1. The summed E-state index contributed by atoms with van der Waals surface area (Å²) in [7, 11) is 3.31. The van der Waals surface area contributed by atoms with Gasteiger partial charge in [-0.05, 0) is 68.8 Å². The molecule has 0 bridgehead atoms. The van der Waals surface area contributed by atoms with Gasteiger partial charge >= 0.3 is 0 Å². The molecule has 1 aromatic heterocycles. The van der Waals surface area contributed by atoms with Gasteiger partial charge in [0.05, 0.1) is 37.7 Å². The van der Waals surface area contributed by atoms with E-state index in [1.165, 1.54) is 0 Å². The molecule has 2 atom stereocenters. The van der Waals surface area contributed by atoms with Crippen LogP contribution in [0.2, 0.25) is 0 Å². The molecule has 2 heterocycles. The van der Waals surface area contributed by atoms with E-state index in [0.29, 0.717) is 18.7 Å². The molecule has 6 nitrogen and oxygen atoms in total. The van der Waals surface area contributed by atoms with E-state index in [0.717, 1.165) is 34.1 Å². The molecule has 0 spiro atoms. The summed E-state index contributed by atoms with van der Waals surface area (Å²) in [6.07, 6.45) is 0.0362. The number of methoxy groups -OCH3 is 2. The van der Waals surface area contributed by atoms with Gasteiger partial charge in [0.1, 0.15) is 11.5 Å². The maximum Gasteiger partial charge on any atom is 0.255 e. The average Bonchev–Trinajstić information content (AvgIpc) is 3.15. The summed E-state index contributed by atoms with van der Waals surface area (Å²) in [6.45, 7) is 7.18. The van der Waals surface area contributed by atoms with Crippen LogP contribution in [0, 0.1) is 6.92 Å². The summed E-state index contributed by atoms with van der Waals surface area (Å²) < 4.78 is 18.7. The molecule has 4 rings (SSSR count). The molecule has 0 radical (unpaired) electrons. The molecule has 1 aliphatic heterocycles. The highest BCUT2D eigenvalue weighted by atomic mass is 16.5. The quantitative estimate of drug-likeness (QED) is 0.583. The number of nitrogens with zero attached hydrogens (tertiary/aromatic N) is 2. The number of rotatable bonds is 5. The topological polar surface area (TPSA) is 52.9 Å². The van der Waals surface area contributed by atoms with Crippen molar-refractivity contribution in [2.75, 3.05) is 27.3 Å². The molecule has 168 valence electrons. The molecular weight excluding hydrogens is 404 g/mol. The Kier molecular flexibility index (Phi) is 6.24. The molecule has 0 saturated carbocycles. The third-order valence-electron chi connectivity index (χ3n) is 5.88. The summed E-state index contributed by atoms with van der Waals surface area (Å²) in [5.74, 6) is 1.58. The van der Waals surface area contributed by atoms with Crippen molar-refractivity contribution in [2.24, 2.45) is 0 Å². The first-order chi connectivity index (χ1) is 15.4. The van der Waals surface area contributed by atoms with E-state index < -0.39 is 0 Å². The van der Waals surface area contributed by atoms with E-state index in [2.05, 4.69) is 4.57 Å². The van der Waals surface area contributed by atoms with Crippen LogP contribution in [0.4, 0.5) is 0 Å². The zero-order valence-corrected chi connectivity index (χ0v) is 19.3. The average molecular weight is 435 g/mol. The smallest absolute Gasteiger partial charge is 0.255 e. The fourth-order valence-corrected chi connectivity index (χ4v) is 4.39. The van der Waals surface area contributed by atoms with Gasteiger partial charge in [-0.2, -0.15) is 0 Å². The number of carbonyl (C=O) groups excluding carboxylic acids is 1. The van der Waals surface area contributed by atoms with Crippen molar-refractivity contribution in [3.8, 4) is 28.4 Å². The van der Waals surface area contributed by atoms with Gasteiger partial charge in [-0.25, -0.2) is 0 Å². The summed E-state index contributed by atoms with van der Waals surface area (Å²) >= 11 is 0. The molecule has 3 aromatic rings. The fourth-order valence-electron chi connectivity index (χ4n) is 4.39. The molecule has 1 saturated heterocycles. The van der Waals surface area contributed by atoms with Crippen LogP contribution in [0.15, 0.2) is 54.6 Å². The van der Waals surface area contributed by atoms with E-state index >= 15 is 0 Å². The first-order valence-corrected chi connectivity index (χ1v) is 10.9. The second-order valence-electron chi connectivity index (χ2n) is 8.26. The van der Waals surface area contributed by atoms with Gasteiger partial charge in [-0.3, -0.25) is 4.79 Å². The van der Waals surface area contributed by atoms with Crippen molar-refractivity contribution < 1.29 is 19.0 Å². The molecule has 1 amide bonds. The highest BCUT2D eigenvalue weighted by Crippen LogP contribution is 2.32. The maximum atomic E-state index is 13.6. The van der Waals surface area contributed by atoms with Crippen LogP contribution in [0.25, 0.3) is 16.9 Å². The van der Waals surface area contributed by atoms with E-state index in [1.807, 2.05) is 80.3 Å². The zero-order valence-electron chi connectivity index (χ0n) is 19.3. The van der Waals surface area contributed by atoms with Crippen LogP contribution in [-0.4, -0.2) is 54.9 Å². The number of hydrogen-bond donors (Lipinski definition) is 0. The zero-order chi connectivity index (χ0) is 22.8. The Labute approximate surface area is 189 Å². The van der Waals surface area contributed by atoms with Gasteiger partial charge < -0.3 is 23.7 Å². The number of benzene rings is 2. The van der Waals surface area contributed by atoms with Gasteiger partial charge in [-0.1, -0.05) is 6.07 Å². The third kappa shape index (κ3) is 4.23. The largest absolute Gasteiger partial charge is 0.497 e. The Balaban J connectivity index is 1.83. The molecule has 2 unspecified atom stereocenters. The van der Waals surface area contributed by atoms with Gasteiger partial charge in [0.15, 0.2) is 0 Å². The minimum atomic E-state index is 0.0181. The lowest BCUT2D eigenvalue weighted by Crippen LogP contribution is -2.48. The molecule has 1 fully saturated rings. The lowest BCUT2D eigenvalue weighted by molar-refractivity contribution is -0.0586. The second kappa shape index (κ2) is 9.09. The normalized spacial score (nSPS) is 18.5. The van der Waals surface area contributed by atoms with Crippen molar-refractivity contribution in [2.45, 2.75) is 33.0 Å². The Bertz CT molecular complexity index is 1090. The molecule has 0 N–H and O–H groups in total. The van der Waals surface area contributed by atoms with Crippen LogP contribution < -0.4 is 9.47 Å². The van der Waals surface area contributed by atoms with Crippen molar-refractivity contribution in [3.05, 3.63) is 65.9 Å². The first kappa shape index (κ1) is 22.0. The Morgan fingerprint density at radius 3 is 2.22 bits per heavy atom. The van der Waals surface area contributed by atoms with Crippen LogP contribution in [0.1, 0.15) is 29.9 Å². The molecule has 2 aromatic carbocycles. The molecule has 1 aliphatic rings. The standard InChI is InChI=1S/C26H30N2O4/c1-17-15-27(16-18(2)32-17)26(29)24-14-25(20-9-11-22(30-4)12-10-20)28(19(24)3)21-7-6-8-23(13-21)31-5/h6-14,17-18H,15-16H2,1-5H3. The van der Waals surface area contributed by atoms with Crippen LogP contribution in [-0.2, 0) is 4.74 Å². The predicted octanol–water partition coefficient (Wildman–Crippen LogP) is 4.72. The second-order valence-corrected chi connectivity index (χ2v) is 8.26. The van der Waals surface area contributed by atoms with Crippen LogP contribution in [0.5, 0.6) is 11.5 Å². The van der Waals surface area contributed by atoms with Gasteiger partial charge in [0.25, 0.3) is 5.91 Å². The maximum absolute atomic E-state index is 13.6. The van der Waals surface area contributed by atoms with Gasteiger partial charge in [-0.15, -0.1) is 0 Å². The number of morpholine rings is 1. The monoisotopic (exact) mass is 434 g/mol. The SMILES string of the molecule is COc1ccc(-c2cc(C(=O)N3CC(C)OC(C)C3)c(C)n2-c2cccc(OC)c2)cc1. The third-order valence-corrected chi connectivity index (χ3v) is 5.88. The van der Waals surface area contributed by atoms with Crippen LogP contribution >= 0.6 is 0 Å². The van der Waals surface area contributed by atoms with Crippen molar-refractivity contribution in [1.29, 1.82) is 0 Å². The first-order valence-electron chi connectivity index (χ1n) is 10.9. The van der Waals surface area contributed by atoms with Crippen molar-refractivity contribution in [3.63, 3.8) is 0 Å². The lowest BCUT2D eigenvalue weighted by atomic mass is 10.1. The molecule has 6 heteroatoms. The van der Waals surface area contributed by atoms with E-state index in [-0.39, 0.29) is 18.1 Å². The van der Waals surface area contributed by atoms with Gasteiger partial charge in [0, 0.05) is 30.5 Å². The van der Waals surface area contributed by atoms with E-state index in [4.69, 9.17) is 14.2 Å². The summed E-state index contributed by atoms with van der Waals surface area (Å²) in [5.41, 5.74) is 4.46. The van der Waals surface area contributed by atoms with Crippen molar-refractivity contribution >= 4 is 5.91 Å². The number of aromatic nitrogens is 1. The summed E-state index contributed by atoms with van der Waals surface area (Å²) in [4.78, 5) is 15.5. The highest BCUT2D eigenvalue weighted by Gasteiger charge is 2.29. The van der Waals surface area contributed by atoms with Gasteiger partial charge in [0.2, 0.25) is 0 Å². The minimum absolute atomic E-state index is 0.0181. The van der Waals surface area contributed by atoms with E-state index in [9.17, 15) is 4.79 Å². The number of ether oxygens (including phenoxy) is 3. The minimum Gasteiger partial charge on any atom is -0.497 e. The fraction of sp³-hybridized carbons (Fsp3) is 0.346. The number of carbonyl (C=O) groups is 1. The summed E-state index contributed by atoms with van der Waals surface area (Å²) in [5, 5.41) is 0. The highest BCUT2D eigenvalue weighted by molar-refractivity contribution is 5.97. The Morgan fingerprint density at radius 1 is 0.938 bits per heavy atom. The summed E-state index contributed by atoms with van der Waals surface area (Å²) in [6, 6.07) is 17.7. The van der Waals surface area contributed by atoms with Crippen molar-refractivity contribution in [1.82, 2.24) is 9.47 Å². The Hall–Kier alpha value is -3.25.